The Bertz CT molecular complexity index is 379. The first-order valence-electron chi connectivity index (χ1n) is 5.25. The van der Waals surface area contributed by atoms with E-state index < -0.39 is 0 Å². The lowest BCUT2D eigenvalue weighted by atomic mass is 10.1. The number of hydrazine groups is 1. The molecule has 1 aromatic rings. The molecule has 4 heteroatoms. The summed E-state index contributed by atoms with van der Waals surface area (Å²) in [5.41, 5.74) is 4.58. The summed E-state index contributed by atoms with van der Waals surface area (Å²) in [5, 5.41) is 6.25. The SMILES string of the molecule is S=C1NC2CCC(c3ccccc3)N2N1. The lowest BCUT2D eigenvalue weighted by Crippen LogP contribution is -2.36. The van der Waals surface area contributed by atoms with Crippen LogP contribution >= 0.6 is 12.2 Å². The van der Waals surface area contributed by atoms with E-state index in [4.69, 9.17) is 12.2 Å². The molecule has 0 aliphatic carbocycles. The molecule has 0 radical (unpaired) electrons. The Morgan fingerprint density at radius 3 is 2.80 bits per heavy atom. The molecular formula is C11H13N3S. The molecular weight excluding hydrogens is 206 g/mol. The van der Waals surface area contributed by atoms with Crippen LogP contribution in [0.15, 0.2) is 30.3 Å². The van der Waals surface area contributed by atoms with Crippen molar-refractivity contribution in [3.63, 3.8) is 0 Å². The molecule has 0 saturated carbocycles. The van der Waals surface area contributed by atoms with Gasteiger partial charge in [0.2, 0.25) is 0 Å². The molecule has 15 heavy (non-hydrogen) atoms. The Morgan fingerprint density at radius 1 is 1.20 bits per heavy atom. The van der Waals surface area contributed by atoms with E-state index in [1.165, 1.54) is 12.0 Å². The molecule has 2 unspecified atom stereocenters. The van der Waals surface area contributed by atoms with Crippen LogP contribution in [0.3, 0.4) is 0 Å². The maximum absolute atomic E-state index is 5.11. The number of hydrogen-bond donors (Lipinski definition) is 2. The molecule has 2 heterocycles. The van der Waals surface area contributed by atoms with Crippen molar-refractivity contribution in [3.05, 3.63) is 35.9 Å². The fourth-order valence-electron chi connectivity index (χ4n) is 2.41. The summed E-state index contributed by atoms with van der Waals surface area (Å²) in [5.74, 6) is 0. The van der Waals surface area contributed by atoms with E-state index in [0.717, 1.165) is 11.5 Å². The molecule has 2 aliphatic heterocycles. The highest BCUT2D eigenvalue weighted by atomic mass is 32.1. The van der Waals surface area contributed by atoms with Gasteiger partial charge in [-0.3, -0.25) is 5.43 Å². The van der Waals surface area contributed by atoms with Gasteiger partial charge in [0.25, 0.3) is 0 Å². The monoisotopic (exact) mass is 219 g/mol. The third kappa shape index (κ3) is 1.50. The fourth-order valence-corrected chi connectivity index (χ4v) is 2.65. The molecule has 0 spiro atoms. The van der Waals surface area contributed by atoms with Crippen molar-refractivity contribution in [2.24, 2.45) is 0 Å². The summed E-state index contributed by atoms with van der Waals surface area (Å²) < 4.78 is 0. The summed E-state index contributed by atoms with van der Waals surface area (Å²) in [4.78, 5) is 0. The average Bonchev–Trinajstić information content (AvgIpc) is 2.77. The Balaban J connectivity index is 1.87. The van der Waals surface area contributed by atoms with E-state index in [1.807, 2.05) is 0 Å². The van der Waals surface area contributed by atoms with Crippen LogP contribution in [0.1, 0.15) is 24.4 Å². The maximum atomic E-state index is 5.11. The summed E-state index contributed by atoms with van der Waals surface area (Å²) in [6.07, 6.45) is 2.70. The van der Waals surface area contributed by atoms with Crippen molar-refractivity contribution in [2.45, 2.75) is 25.0 Å². The largest absolute Gasteiger partial charge is 0.345 e. The smallest absolute Gasteiger partial charge is 0.182 e. The van der Waals surface area contributed by atoms with Gasteiger partial charge in [0.05, 0.1) is 12.2 Å². The van der Waals surface area contributed by atoms with Gasteiger partial charge in [-0.15, -0.1) is 0 Å². The van der Waals surface area contributed by atoms with E-state index in [1.54, 1.807) is 0 Å². The Kier molecular flexibility index (Phi) is 2.11. The molecule has 0 aromatic heterocycles. The molecule has 0 amide bonds. The number of thiocarbonyl (C=S) groups is 1. The minimum absolute atomic E-state index is 0.378. The standard InChI is InChI=1S/C11H13N3S/c15-11-12-10-7-6-9(14(10)13-11)8-4-2-1-3-5-8/h1-5,9-10H,6-7H2,(H2,12,13,15). The highest BCUT2D eigenvalue weighted by molar-refractivity contribution is 7.80. The first-order valence-corrected chi connectivity index (χ1v) is 5.66. The predicted octanol–water partition coefficient (Wildman–Crippen LogP) is 1.54. The topological polar surface area (TPSA) is 27.3 Å². The number of nitrogens with one attached hydrogen (secondary N) is 2. The van der Waals surface area contributed by atoms with Crippen LogP contribution in [0.4, 0.5) is 0 Å². The summed E-state index contributed by atoms with van der Waals surface area (Å²) in [6, 6.07) is 11.0. The van der Waals surface area contributed by atoms with Crippen molar-refractivity contribution in [1.82, 2.24) is 15.8 Å². The number of rotatable bonds is 1. The van der Waals surface area contributed by atoms with Crippen LogP contribution in [0.5, 0.6) is 0 Å². The zero-order valence-corrected chi connectivity index (χ0v) is 9.13. The summed E-state index contributed by atoms with van der Waals surface area (Å²) in [6.45, 7) is 0. The van der Waals surface area contributed by atoms with Gasteiger partial charge in [0.1, 0.15) is 0 Å². The van der Waals surface area contributed by atoms with Crippen molar-refractivity contribution in [2.75, 3.05) is 0 Å². The number of hydrogen-bond acceptors (Lipinski definition) is 2. The van der Waals surface area contributed by atoms with Crippen LogP contribution in [0.25, 0.3) is 0 Å². The number of fused-ring (bicyclic) bond motifs is 1. The van der Waals surface area contributed by atoms with Crippen LogP contribution < -0.4 is 10.7 Å². The number of nitrogens with zero attached hydrogens (tertiary/aromatic N) is 1. The van der Waals surface area contributed by atoms with Gasteiger partial charge in [0, 0.05) is 0 Å². The second-order valence-electron chi connectivity index (χ2n) is 4.01. The van der Waals surface area contributed by atoms with Crippen molar-refractivity contribution < 1.29 is 0 Å². The lowest BCUT2D eigenvalue weighted by molar-refractivity contribution is 0.182. The van der Waals surface area contributed by atoms with E-state index in [0.29, 0.717) is 12.2 Å². The van der Waals surface area contributed by atoms with Gasteiger partial charge in [-0.25, -0.2) is 0 Å². The molecule has 2 fully saturated rings. The van der Waals surface area contributed by atoms with Gasteiger partial charge >= 0.3 is 0 Å². The van der Waals surface area contributed by atoms with Gasteiger partial charge in [-0.05, 0) is 30.6 Å². The molecule has 3 rings (SSSR count). The quantitative estimate of drug-likeness (QED) is 0.701. The Morgan fingerprint density at radius 2 is 2.00 bits per heavy atom. The van der Waals surface area contributed by atoms with Crippen LogP contribution in [-0.2, 0) is 0 Å². The van der Waals surface area contributed by atoms with Crippen LogP contribution in [-0.4, -0.2) is 16.3 Å². The van der Waals surface area contributed by atoms with Gasteiger partial charge in [-0.2, -0.15) is 5.01 Å². The minimum Gasteiger partial charge on any atom is -0.345 e. The molecule has 1 aromatic carbocycles. The third-order valence-corrected chi connectivity index (χ3v) is 3.31. The molecule has 2 N–H and O–H groups in total. The lowest BCUT2D eigenvalue weighted by Gasteiger charge is -2.22. The molecule has 2 saturated heterocycles. The van der Waals surface area contributed by atoms with E-state index in [-0.39, 0.29) is 0 Å². The van der Waals surface area contributed by atoms with Crippen molar-refractivity contribution >= 4 is 17.3 Å². The number of benzene rings is 1. The second kappa shape index (κ2) is 3.47. The normalized spacial score (nSPS) is 29.7. The molecule has 3 nitrogen and oxygen atoms in total. The zero-order chi connectivity index (χ0) is 10.3. The summed E-state index contributed by atoms with van der Waals surface area (Å²) >= 11 is 5.11. The van der Waals surface area contributed by atoms with Gasteiger partial charge in [-0.1, -0.05) is 30.3 Å². The Labute approximate surface area is 94.4 Å². The average molecular weight is 219 g/mol. The van der Waals surface area contributed by atoms with Crippen molar-refractivity contribution in [3.8, 4) is 0 Å². The second-order valence-corrected chi connectivity index (χ2v) is 4.42. The molecule has 78 valence electrons. The van der Waals surface area contributed by atoms with Gasteiger partial charge < -0.3 is 5.32 Å². The third-order valence-electron chi connectivity index (χ3n) is 3.10. The highest BCUT2D eigenvalue weighted by Crippen LogP contribution is 2.34. The first kappa shape index (κ1) is 9.12. The summed E-state index contributed by atoms with van der Waals surface area (Å²) in [7, 11) is 0. The molecule has 2 aliphatic rings. The highest BCUT2D eigenvalue weighted by Gasteiger charge is 2.39. The zero-order valence-electron chi connectivity index (χ0n) is 8.31. The molecule has 0 bridgehead atoms. The van der Waals surface area contributed by atoms with Gasteiger partial charge in [0.15, 0.2) is 5.11 Å². The first-order chi connectivity index (χ1) is 7.34. The Hall–Kier alpha value is -1.13. The molecule has 2 atom stereocenters. The van der Waals surface area contributed by atoms with Crippen molar-refractivity contribution in [1.29, 1.82) is 0 Å². The maximum Gasteiger partial charge on any atom is 0.182 e. The van der Waals surface area contributed by atoms with E-state index in [9.17, 15) is 0 Å². The minimum atomic E-state index is 0.378. The predicted molar refractivity (Wildman–Crippen MR) is 62.9 cm³/mol. The van der Waals surface area contributed by atoms with E-state index in [2.05, 4.69) is 46.1 Å². The van der Waals surface area contributed by atoms with Crippen LogP contribution in [0, 0.1) is 0 Å². The van der Waals surface area contributed by atoms with Crippen LogP contribution in [0.2, 0.25) is 0 Å². The fraction of sp³-hybridized carbons (Fsp3) is 0.364. The van der Waals surface area contributed by atoms with E-state index >= 15 is 0 Å².